The molecule has 0 aliphatic heterocycles. The molecule has 2 rings (SSSR count). The van der Waals surface area contributed by atoms with Crippen molar-refractivity contribution in [3.05, 3.63) is 28.7 Å². The summed E-state index contributed by atoms with van der Waals surface area (Å²) in [6.45, 7) is 1.77. The molecule has 2 N–H and O–H groups in total. The second-order valence-corrected chi connectivity index (χ2v) is 4.56. The Morgan fingerprint density at radius 1 is 1.44 bits per heavy atom. The van der Waals surface area contributed by atoms with E-state index in [1.807, 2.05) is 0 Å². The minimum absolute atomic E-state index is 0.116. The molecule has 0 fully saturated rings. The van der Waals surface area contributed by atoms with Crippen molar-refractivity contribution in [1.82, 2.24) is 15.2 Å². The lowest BCUT2D eigenvalue weighted by Gasteiger charge is -2.06. The van der Waals surface area contributed by atoms with Gasteiger partial charge in [0.2, 0.25) is 5.13 Å². The number of halogens is 1. The summed E-state index contributed by atoms with van der Waals surface area (Å²) in [5.74, 6) is -0.759. The van der Waals surface area contributed by atoms with E-state index in [4.69, 9.17) is 0 Å². The summed E-state index contributed by atoms with van der Waals surface area (Å²) in [7, 11) is 1.60. The summed E-state index contributed by atoms with van der Waals surface area (Å²) in [6.07, 6.45) is 1.04. The van der Waals surface area contributed by atoms with Crippen LogP contribution in [0.2, 0.25) is 0 Å². The standard InChI is InChI=1S/C10H10FN5OS/c1-5-15-16-10(18-5)14-9(17)7-3-6(11)4-13-8(7)12-2/h3-4H,1-2H3,(H,12,13)(H,14,16,17). The van der Waals surface area contributed by atoms with Gasteiger partial charge in [0, 0.05) is 7.05 Å². The quantitative estimate of drug-likeness (QED) is 0.884. The summed E-state index contributed by atoms with van der Waals surface area (Å²) in [4.78, 5) is 15.7. The topological polar surface area (TPSA) is 79.8 Å². The molecule has 0 bridgehead atoms. The molecule has 94 valence electrons. The number of hydrogen-bond acceptors (Lipinski definition) is 6. The Morgan fingerprint density at radius 3 is 2.83 bits per heavy atom. The van der Waals surface area contributed by atoms with Gasteiger partial charge in [-0.25, -0.2) is 9.37 Å². The fourth-order valence-electron chi connectivity index (χ4n) is 1.32. The van der Waals surface area contributed by atoms with E-state index < -0.39 is 11.7 Å². The highest BCUT2D eigenvalue weighted by Crippen LogP contribution is 2.18. The number of amides is 1. The van der Waals surface area contributed by atoms with Gasteiger partial charge in [0.25, 0.3) is 5.91 Å². The van der Waals surface area contributed by atoms with Crippen LogP contribution in [0.5, 0.6) is 0 Å². The van der Waals surface area contributed by atoms with E-state index in [9.17, 15) is 9.18 Å². The summed E-state index contributed by atoms with van der Waals surface area (Å²) < 4.78 is 13.1. The van der Waals surface area contributed by atoms with E-state index in [0.29, 0.717) is 10.9 Å². The fraction of sp³-hybridized carbons (Fsp3) is 0.200. The average Bonchev–Trinajstić information content (AvgIpc) is 2.74. The maximum absolute atomic E-state index is 13.1. The Bertz CT molecular complexity index is 585. The number of aryl methyl sites for hydroxylation is 1. The van der Waals surface area contributed by atoms with Crippen LogP contribution in [0, 0.1) is 12.7 Å². The minimum Gasteiger partial charge on any atom is -0.372 e. The summed E-state index contributed by atoms with van der Waals surface area (Å²) in [6, 6.07) is 1.11. The zero-order chi connectivity index (χ0) is 13.1. The highest BCUT2D eigenvalue weighted by molar-refractivity contribution is 7.15. The molecule has 0 atom stereocenters. The van der Waals surface area contributed by atoms with Crippen LogP contribution < -0.4 is 10.6 Å². The maximum Gasteiger partial charge on any atom is 0.261 e. The SMILES string of the molecule is CNc1ncc(F)cc1C(=O)Nc1nnc(C)s1. The molecule has 0 aliphatic rings. The monoisotopic (exact) mass is 267 g/mol. The van der Waals surface area contributed by atoms with Gasteiger partial charge in [0.05, 0.1) is 11.8 Å². The first-order valence-electron chi connectivity index (χ1n) is 5.05. The van der Waals surface area contributed by atoms with Gasteiger partial charge in [-0.1, -0.05) is 11.3 Å². The highest BCUT2D eigenvalue weighted by atomic mass is 32.1. The second kappa shape index (κ2) is 5.05. The fourth-order valence-corrected chi connectivity index (χ4v) is 1.91. The molecule has 0 unspecified atom stereocenters. The predicted molar refractivity (Wildman–Crippen MR) is 66.3 cm³/mol. The summed E-state index contributed by atoms with van der Waals surface area (Å²) in [5.41, 5.74) is 0.116. The van der Waals surface area contributed by atoms with Gasteiger partial charge in [-0.3, -0.25) is 10.1 Å². The normalized spacial score (nSPS) is 10.2. The molecule has 8 heteroatoms. The first kappa shape index (κ1) is 12.4. The molecule has 2 aromatic rings. The van der Waals surface area contributed by atoms with E-state index in [1.54, 1.807) is 14.0 Å². The van der Waals surface area contributed by atoms with E-state index >= 15 is 0 Å². The van der Waals surface area contributed by atoms with Gasteiger partial charge in [-0.2, -0.15) is 0 Å². The first-order valence-corrected chi connectivity index (χ1v) is 5.86. The Morgan fingerprint density at radius 2 is 2.22 bits per heavy atom. The molecule has 0 spiro atoms. The number of nitrogens with one attached hydrogen (secondary N) is 2. The maximum atomic E-state index is 13.1. The third-order valence-corrected chi connectivity index (χ3v) is 2.84. The van der Waals surface area contributed by atoms with Gasteiger partial charge >= 0.3 is 0 Å². The van der Waals surface area contributed by atoms with E-state index in [0.717, 1.165) is 17.3 Å². The lowest BCUT2D eigenvalue weighted by molar-refractivity contribution is 0.102. The molecule has 2 heterocycles. The zero-order valence-electron chi connectivity index (χ0n) is 9.69. The lowest BCUT2D eigenvalue weighted by Crippen LogP contribution is -2.15. The van der Waals surface area contributed by atoms with Crippen LogP contribution >= 0.6 is 11.3 Å². The van der Waals surface area contributed by atoms with Crippen LogP contribution in [0.3, 0.4) is 0 Å². The van der Waals surface area contributed by atoms with E-state index in [1.165, 1.54) is 11.3 Å². The van der Waals surface area contributed by atoms with Gasteiger partial charge in [-0.05, 0) is 13.0 Å². The molecular formula is C10H10FN5OS. The number of hydrogen-bond donors (Lipinski definition) is 2. The van der Waals surface area contributed by atoms with Gasteiger partial charge in [0.1, 0.15) is 16.6 Å². The number of aromatic nitrogens is 3. The molecule has 18 heavy (non-hydrogen) atoms. The van der Waals surface area contributed by atoms with Gasteiger partial charge in [-0.15, -0.1) is 10.2 Å². The van der Waals surface area contributed by atoms with Crippen LogP contribution in [0.25, 0.3) is 0 Å². The third kappa shape index (κ3) is 2.59. The molecule has 0 aliphatic carbocycles. The Hall–Kier alpha value is -2.09. The largest absolute Gasteiger partial charge is 0.372 e. The van der Waals surface area contributed by atoms with Crippen LogP contribution in [-0.4, -0.2) is 28.1 Å². The smallest absolute Gasteiger partial charge is 0.261 e. The highest BCUT2D eigenvalue weighted by Gasteiger charge is 2.15. The Kier molecular flexibility index (Phi) is 3.47. The van der Waals surface area contributed by atoms with Crippen molar-refractivity contribution in [2.24, 2.45) is 0 Å². The average molecular weight is 267 g/mol. The molecule has 0 radical (unpaired) electrons. The molecule has 2 aromatic heterocycles. The van der Waals surface area contributed by atoms with Crippen LogP contribution in [0.15, 0.2) is 12.3 Å². The Labute approximate surface area is 106 Å². The van der Waals surface area contributed by atoms with Gasteiger partial charge in [0.15, 0.2) is 0 Å². The molecule has 1 amide bonds. The van der Waals surface area contributed by atoms with Crippen LogP contribution in [0.1, 0.15) is 15.4 Å². The molecule has 0 saturated carbocycles. The predicted octanol–water partition coefficient (Wildman–Crippen LogP) is 1.67. The molecule has 6 nitrogen and oxygen atoms in total. The van der Waals surface area contributed by atoms with Crippen molar-refractivity contribution in [2.45, 2.75) is 6.92 Å². The molecular weight excluding hydrogens is 257 g/mol. The molecule has 0 aromatic carbocycles. The van der Waals surface area contributed by atoms with E-state index in [-0.39, 0.29) is 5.56 Å². The number of pyridine rings is 1. The summed E-state index contributed by atoms with van der Waals surface area (Å²) >= 11 is 1.24. The van der Waals surface area contributed by atoms with Crippen molar-refractivity contribution < 1.29 is 9.18 Å². The van der Waals surface area contributed by atoms with Crippen LogP contribution in [-0.2, 0) is 0 Å². The van der Waals surface area contributed by atoms with Crippen molar-refractivity contribution in [1.29, 1.82) is 0 Å². The van der Waals surface area contributed by atoms with Crippen molar-refractivity contribution in [3.63, 3.8) is 0 Å². The minimum atomic E-state index is -0.576. The number of nitrogens with zero attached hydrogens (tertiary/aromatic N) is 3. The number of rotatable bonds is 3. The van der Waals surface area contributed by atoms with Crippen LogP contribution in [0.4, 0.5) is 15.3 Å². The number of carbonyl (C=O) groups is 1. The molecule has 0 saturated heterocycles. The third-order valence-electron chi connectivity index (χ3n) is 2.08. The number of anilines is 2. The van der Waals surface area contributed by atoms with Crippen molar-refractivity contribution >= 4 is 28.2 Å². The summed E-state index contributed by atoms with van der Waals surface area (Å²) in [5, 5.41) is 13.9. The van der Waals surface area contributed by atoms with Gasteiger partial charge < -0.3 is 5.32 Å². The van der Waals surface area contributed by atoms with Crippen molar-refractivity contribution in [2.75, 3.05) is 17.7 Å². The first-order chi connectivity index (χ1) is 8.60. The zero-order valence-corrected chi connectivity index (χ0v) is 10.5. The lowest BCUT2D eigenvalue weighted by atomic mass is 10.2. The Balaban J connectivity index is 2.25. The van der Waals surface area contributed by atoms with E-state index in [2.05, 4.69) is 25.8 Å². The van der Waals surface area contributed by atoms with Crippen molar-refractivity contribution in [3.8, 4) is 0 Å². The second-order valence-electron chi connectivity index (χ2n) is 3.38. The number of carbonyl (C=O) groups excluding carboxylic acids is 1.